The van der Waals surface area contributed by atoms with Gasteiger partial charge in [-0.05, 0) is 29.9 Å². The number of hydrogen-bond acceptors (Lipinski definition) is 3. The van der Waals surface area contributed by atoms with E-state index in [0.717, 1.165) is 0 Å². The Morgan fingerprint density at radius 3 is 2.48 bits per heavy atom. The maximum absolute atomic E-state index is 13.6. The molecule has 1 aromatic rings. The van der Waals surface area contributed by atoms with Crippen LogP contribution in [0.2, 0.25) is 5.02 Å². The summed E-state index contributed by atoms with van der Waals surface area (Å²) in [6, 6.07) is 5.61. The summed E-state index contributed by atoms with van der Waals surface area (Å²) in [5.74, 6) is 0.128. The topological polar surface area (TPSA) is 81.8 Å². The number of carbonyl (C=O) groups is 3. The molecule has 0 fully saturated rings. The van der Waals surface area contributed by atoms with E-state index in [4.69, 9.17) is 11.6 Å². The van der Waals surface area contributed by atoms with Crippen LogP contribution in [0, 0.1) is 11.8 Å². The molecule has 8 heteroatoms. The van der Waals surface area contributed by atoms with Gasteiger partial charge in [0.05, 0.1) is 23.9 Å². The highest BCUT2D eigenvalue weighted by Gasteiger charge is 2.46. The van der Waals surface area contributed by atoms with Crippen molar-refractivity contribution in [1.82, 2.24) is 20.4 Å². The van der Waals surface area contributed by atoms with Crippen molar-refractivity contribution in [3.63, 3.8) is 0 Å². The van der Waals surface area contributed by atoms with Crippen LogP contribution in [-0.4, -0.2) is 53.8 Å². The molecule has 0 unspecified atom stereocenters. The molecule has 2 aliphatic rings. The second-order valence-corrected chi connectivity index (χ2v) is 9.45. The molecule has 0 bridgehead atoms. The average molecular weight is 447 g/mol. The number of urea groups is 1. The molecule has 2 N–H and O–H groups in total. The van der Waals surface area contributed by atoms with Crippen LogP contribution in [0.4, 0.5) is 4.79 Å². The van der Waals surface area contributed by atoms with E-state index in [1.165, 1.54) is 4.90 Å². The summed E-state index contributed by atoms with van der Waals surface area (Å²) in [5.41, 5.74) is 1.75. The minimum Gasteiger partial charge on any atom is -0.354 e. The molecule has 3 rings (SSSR count). The van der Waals surface area contributed by atoms with E-state index in [0.29, 0.717) is 40.7 Å². The van der Waals surface area contributed by atoms with Crippen molar-refractivity contribution in [3.8, 4) is 0 Å². The van der Waals surface area contributed by atoms with E-state index in [1.54, 1.807) is 30.1 Å². The second-order valence-electron chi connectivity index (χ2n) is 9.04. The van der Waals surface area contributed by atoms with E-state index in [-0.39, 0.29) is 30.3 Å². The smallest absolute Gasteiger partial charge is 0.322 e. The van der Waals surface area contributed by atoms with Gasteiger partial charge in [0.15, 0.2) is 0 Å². The molecule has 168 valence electrons. The first-order valence-corrected chi connectivity index (χ1v) is 11.1. The van der Waals surface area contributed by atoms with Crippen molar-refractivity contribution < 1.29 is 14.4 Å². The Balaban J connectivity index is 1.96. The number of amides is 4. The molecule has 0 saturated carbocycles. The Labute approximate surface area is 188 Å². The van der Waals surface area contributed by atoms with E-state index in [2.05, 4.69) is 10.6 Å². The molecule has 0 radical (unpaired) electrons. The largest absolute Gasteiger partial charge is 0.354 e. The Morgan fingerprint density at radius 2 is 1.87 bits per heavy atom. The van der Waals surface area contributed by atoms with E-state index >= 15 is 0 Å². The standard InChI is InChI=1S/C23H31ClN4O3/c1-13(2)10-17(21(29)25-11-14(3)4)28-12-18-19(22(28)30)20(26-23(31)27(18)5)15-8-6-7-9-16(15)24/h6-9,13-14,17,20H,10-12H2,1-5H3,(H,25,29)(H,26,31)/t17-,20+/m1/s1. The zero-order valence-corrected chi connectivity index (χ0v) is 19.5. The van der Waals surface area contributed by atoms with Gasteiger partial charge < -0.3 is 15.5 Å². The minimum atomic E-state index is -0.650. The summed E-state index contributed by atoms with van der Waals surface area (Å²) < 4.78 is 0. The summed E-state index contributed by atoms with van der Waals surface area (Å²) >= 11 is 6.39. The fraction of sp³-hybridized carbons (Fsp3) is 0.522. The molecular weight excluding hydrogens is 416 g/mol. The summed E-state index contributed by atoms with van der Waals surface area (Å²) in [7, 11) is 1.64. The number of hydrogen-bond donors (Lipinski definition) is 2. The van der Waals surface area contributed by atoms with Gasteiger partial charge in [-0.2, -0.15) is 0 Å². The van der Waals surface area contributed by atoms with E-state index in [1.807, 2.05) is 33.8 Å². The van der Waals surface area contributed by atoms with Crippen LogP contribution >= 0.6 is 11.6 Å². The molecule has 2 aliphatic heterocycles. The molecule has 0 aliphatic carbocycles. The van der Waals surface area contributed by atoms with Crippen LogP contribution in [0.25, 0.3) is 0 Å². The molecule has 2 atom stereocenters. The van der Waals surface area contributed by atoms with Crippen molar-refractivity contribution in [2.75, 3.05) is 20.1 Å². The Bertz CT molecular complexity index is 912. The highest BCUT2D eigenvalue weighted by atomic mass is 35.5. The highest BCUT2D eigenvalue weighted by Crippen LogP contribution is 2.39. The summed E-state index contributed by atoms with van der Waals surface area (Å²) in [5, 5.41) is 6.34. The third-order valence-corrected chi connectivity index (χ3v) is 6.01. The van der Waals surface area contributed by atoms with Gasteiger partial charge in [0.1, 0.15) is 6.04 Å². The van der Waals surface area contributed by atoms with Crippen LogP contribution in [-0.2, 0) is 9.59 Å². The monoisotopic (exact) mass is 446 g/mol. The van der Waals surface area contributed by atoms with Crippen molar-refractivity contribution in [2.24, 2.45) is 11.8 Å². The van der Waals surface area contributed by atoms with Gasteiger partial charge in [0.25, 0.3) is 5.91 Å². The van der Waals surface area contributed by atoms with Crippen molar-refractivity contribution in [3.05, 3.63) is 46.1 Å². The van der Waals surface area contributed by atoms with Crippen molar-refractivity contribution >= 4 is 29.4 Å². The number of nitrogens with one attached hydrogen (secondary N) is 2. The lowest BCUT2D eigenvalue weighted by Gasteiger charge is -2.31. The van der Waals surface area contributed by atoms with Crippen LogP contribution < -0.4 is 10.6 Å². The van der Waals surface area contributed by atoms with Crippen molar-refractivity contribution in [2.45, 2.75) is 46.2 Å². The lowest BCUT2D eigenvalue weighted by Crippen LogP contribution is -2.49. The van der Waals surface area contributed by atoms with Gasteiger partial charge in [-0.15, -0.1) is 0 Å². The number of rotatable bonds is 7. The van der Waals surface area contributed by atoms with Gasteiger partial charge in [-0.1, -0.05) is 57.5 Å². The Kier molecular flexibility index (Phi) is 6.94. The van der Waals surface area contributed by atoms with Gasteiger partial charge in [0, 0.05) is 18.6 Å². The maximum atomic E-state index is 13.6. The number of carbonyl (C=O) groups excluding carboxylic acids is 3. The number of likely N-dealkylation sites (N-methyl/N-ethyl adjacent to an activating group) is 1. The van der Waals surface area contributed by atoms with Crippen LogP contribution in [0.1, 0.15) is 45.7 Å². The van der Waals surface area contributed by atoms with Gasteiger partial charge in [-0.25, -0.2) is 4.79 Å². The number of halogens is 1. The minimum absolute atomic E-state index is 0.160. The fourth-order valence-corrected chi connectivity index (χ4v) is 4.27. The molecule has 31 heavy (non-hydrogen) atoms. The van der Waals surface area contributed by atoms with Crippen LogP contribution in [0.5, 0.6) is 0 Å². The first-order valence-electron chi connectivity index (χ1n) is 10.7. The molecule has 1 aromatic carbocycles. The third kappa shape index (κ3) is 4.71. The van der Waals surface area contributed by atoms with Crippen molar-refractivity contribution in [1.29, 1.82) is 0 Å². The summed E-state index contributed by atoms with van der Waals surface area (Å²) in [6.45, 7) is 8.87. The Morgan fingerprint density at radius 1 is 1.19 bits per heavy atom. The average Bonchev–Trinajstić information content (AvgIpc) is 3.05. The first kappa shape index (κ1) is 23.1. The lowest BCUT2D eigenvalue weighted by molar-refractivity contribution is -0.137. The summed E-state index contributed by atoms with van der Waals surface area (Å²) in [6.07, 6.45) is 0.540. The summed E-state index contributed by atoms with van der Waals surface area (Å²) in [4.78, 5) is 42.3. The normalized spacial score (nSPS) is 19.8. The van der Waals surface area contributed by atoms with E-state index in [9.17, 15) is 14.4 Å². The van der Waals surface area contributed by atoms with Gasteiger partial charge in [-0.3, -0.25) is 14.5 Å². The zero-order chi connectivity index (χ0) is 22.9. The number of benzene rings is 1. The Hall–Kier alpha value is -2.54. The molecule has 4 amide bonds. The maximum Gasteiger partial charge on any atom is 0.322 e. The predicted molar refractivity (Wildman–Crippen MR) is 120 cm³/mol. The molecule has 0 saturated heterocycles. The van der Waals surface area contributed by atoms with Gasteiger partial charge >= 0.3 is 6.03 Å². The molecule has 7 nitrogen and oxygen atoms in total. The van der Waals surface area contributed by atoms with E-state index < -0.39 is 12.1 Å². The fourth-order valence-electron chi connectivity index (χ4n) is 4.03. The van der Waals surface area contributed by atoms with Gasteiger partial charge in [0.2, 0.25) is 5.91 Å². The second kappa shape index (κ2) is 9.30. The molecule has 0 aromatic heterocycles. The highest BCUT2D eigenvalue weighted by molar-refractivity contribution is 6.31. The number of nitrogens with zero attached hydrogens (tertiary/aromatic N) is 2. The molecule has 2 heterocycles. The van der Waals surface area contributed by atoms with Crippen LogP contribution in [0.3, 0.4) is 0 Å². The van der Waals surface area contributed by atoms with Crippen LogP contribution in [0.15, 0.2) is 35.5 Å². The molecular formula is C23H31ClN4O3. The first-order chi connectivity index (χ1) is 14.6. The molecule has 0 spiro atoms. The lowest BCUT2D eigenvalue weighted by atomic mass is 9.95. The third-order valence-electron chi connectivity index (χ3n) is 5.66. The quantitative estimate of drug-likeness (QED) is 0.674. The zero-order valence-electron chi connectivity index (χ0n) is 18.7. The predicted octanol–water partition coefficient (Wildman–Crippen LogP) is 3.32. The SMILES string of the molecule is CC(C)CNC(=O)[C@@H](CC(C)C)N1CC2=C(C1=O)[C@H](c1ccccc1Cl)NC(=O)N2C.